The standard InChI is InChI=1S/C16H13F3N2O2/c1-10-12(3-2-6-20-10)15(22)21-7-8-23-14-5-4-11(9-13(14)21)16(17,18)19/h2-6,9H,7-8H2,1H3. The lowest BCUT2D eigenvalue weighted by molar-refractivity contribution is -0.137. The third kappa shape index (κ3) is 2.86. The minimum absolute atomic E-state index is 0.124. The fourth-order valence-electron chi connectivity index (χ4n) is 2.46. The van der Waals surface area contributed by atoms with Crippen LogP contribution in [0.2, 0.25) is 0 Å². The molecular weight excluding hydrogens is 309 g/mol. The van der Waals surface area contributed by atoms with E-state index in [0.717, 1.165) is 12.1 Å². The van der Waals surface area contributed by atoms with E-state index in [-0.39, 0.29) is 30.5 Å². The number of carbonyl (C=O) groups excluding carboxylic acids is 1. The van der Waals surface area contributed by atoms with Gasteiger partial charge in [-0.1, -0.05) is 0 Å². The molecule has 0 unspecified atom stereocenters. The van der Waals surface area contributed by atoms with Crippen LogP contribution in [0.5, 0.6) is 5.75 Å². The second kappa shape index (κ2) is 5.57. The van der Waals surface area contributed by atoms with Crippen LogP contribution in [0.1, 0.15) is 21.6 Å². The highest BCUT2D eigenvalue weighted by atomic mass is 19.4. The molecule has 0 atom stereocenters. The van der Waals surface area contributed by atoms with E-state index in [1.54, 1.807) is 25.3 Å². The van der Waals surface area contributed by atoms with Gasteiger partial charge in [-0.2, -0.15) is 13.2 Å². The summed E-state index contributed by atoms with van der Waals surface area (Å²) in [5.41, 5.74) is 0.192. The molecule has 23 heavy (non-hydrogen) atoms. The van der Waals surface area contributed by atoms with Crippen LogP contribution in [0.25, 0.3) is 0 Å². The summed E-state index contributed by atoms with van der Waals surface area (Å²) in [6.45, 7) is 2.09. The molecule has 0 aliphatic carbocycles. The summed E-state index contributed by atoms with van der Waals surface area (Å²) < 4.78 is 44.1. The van der Waals surface area contributed by atoms with Crippen molar-refractivity contribution in [2.45, 2.75) is 13.1 Å². The maximum Gasteiger partial charge on any atom is 0.416 e. The molecule has 0 spiro atoms. The predicted octanol–water partition coefficient (Wildman–Crippen LogP) is 3.45. The molecule has 1 amide bonds. The number of rotatable bonds is 1. The van der Waals surface area contributed by atoms with E-state index < -0.39 is 11.7 Å². The average Bonchev–Trinajstić information content (AvgIpc) is 2.53. The molecule has 0 fully saturated rings. The lowest BCUT2D eigenvalue weighted by atomic mass is 10.1. The number of anilines is 1. The van der Waals surface area contributed by atoms with E-state index in [1.165, 1.54) is 11.0 Å². The molecule has 1 aromatic carbocycles. The van der Waals surface area contributed by atoms with Gasteiger partial charge in [0.15, 0.2) is 0 Å². The van der Waals surface area contributed by atoms with Gasteiger partial charge in [-0.05, 0) is 37.3 Å². The van der Waals surface area contributed by atoms with Crippen molar-refractivity contribution in [3.05, 3.63) is 53.3 Å². The van der Waals surface area contributed by atoms with Crippen LogP contribution in [-0.2, 0) is 6.18 Å². The SMILES string of the molecule is Cc1ncccc1C(=O)N1CCOc2ccc(C(F)(F)F)cc21. The van der Waals surface area contributed by atoms with Gasteiger partial charge in [0.05, 0.1) is 23.4 Å². The van der Waals surface area contributed by atoms with E-state index in [9.17, 15) is 18.0 Å². The normalized spacial score (nSPS) is 14.2. The molecule has 0 bridgehead atoms. The van der Waals surface area contributed by atoms with Crippen molar-refractivity contribution in [1.82, 2.24) is 4.98 Å². The van der Waals surface area contributed by atoms with Crippen LogP contribution in [0, 0.1) is 6.92 Å². The number of halogens is 3. The Morgan fingerprint density at radius 2 is 2.09 bits per heavy atom. The smallest absolute Gasteiger partial charge is 0.416 e. The monoisotopic (exact) mass is 322 g/mol. The maximum atomic E-state index is 12.9. The number of pyridine rings is 1. The van der Waals surface area contributed by atoms with Gasteiger partial charge in [0, 0.05) is 11.9 Å². The Kier molecular flexibility index (Phi) is 3.71. The lowest BCUT2D eigenvalue weighted by Gasteiger charge is -2.30. The quantitative estimate of drug-likeness (QED) is 0.807. The highest BCUT2D eigenvalue weighted by Gasteiger charge is 2.34. The minimum Gasteiger partial charge on any atom is -0.490 e. The zero-order valence-electron chi connectivity index (χ0n) is 12.2. The number of fused-ring (bicyclic) bond motifs is 1. The van der Waals surface area contributed by atoms with Crippen molar-refractivity contribution in [3.63, 3.8) is 0 Å². The number of hydrogen-bond donors (Lipinski definition) is 0. The molecule has 3 rings (SSSR count). The molecule has 0 saturated carbocycles. The molecule has 0 N–H and O–H groups in total. The Labute approximate surface area is 130 Å². The van der Waals surface area contributed by atoms with Gasteiger partial charge in [0.1, 0.15) is 12.4 Å². The second-order valence-electron chi connectivity index (χ2n) is 5.12. The molecular formula is C16H13F3N2O2. The van der Waals surface area contributed by atoms with Gasteiger partial charge in [-0.25, -0.2) is 0 Å². The Bertz CT molecular complexity index is 759. The number of nitrogens with zero attached hydrogens (tertiary/aromatic N) is 2. The molecule has 1 aliphatic heterocycles. The summed E-state index contributed by atoms with van der Waals surface area (Å²) in [6, 6.07) is 6.36. The van der Waals surface area contributed by atoms with E-state index in [0.29, 0.717) is 11.3 Å². The van der Waals surface area contributed by atoms with Gasteiger partial charge in [-0.15, -0.1) is 0 Å². The van der Waals surface area contributed by atoms with Crippen LogP contribution < -0.4 is 9.64 Å². The number of carbonyl (C=O) groups is 1. The summed E-state index contributed by atoms with van der Waals surface area (Å²) in [6.07, 6.45) is -2.92. The number of hydrogen-bond acceptors (Lipinski definition) is 3. The molecule has 7 heteroatoms. The average molecular weight is 322 g/mol. The number of amides is 1. The van der Waals surface area contributed by atoms with Crippen LogP contribution in [0.4, 0.5) is 18.9 Å². The molecule has 1 aromatic heterocycles. The van der Waals surface area contributed by atoms with Crippen molar-refractivity contribution < 1.29 is 22.7 Å². The molecule has 0 saturated heterocycles. The number of aryl methyl sites for hydroxylation is 1. The molecule has 2 aromatic rings. The molecule has 120 valence electrons. The first-order chi connectivity index (χ1) is 10.9. The molecule has 2 heterocycles. The zero-order valence-corrected chi connectivity index (χ0v) is 12.2. The van der Waals surface area contributed by atoms with Crippen LogP contribution in [-0.4, -0.2) is 24.0 Å². The summed E-state index contributed by atoms with van der Waals surface area (Å²) in [7, 11) is 0. The van der Waals surface area contributed by atoms with Gasteiger partial charge >= 0.3 is 6.18 Å². The first kappa shape index (κ1) is 15.3. The topological polar surface area (TPSA) is 42.4 Å². The number of aromatic nitrogens is 1. The summed E-state index contributed by atoms with van der Waals surface area (Å²) in [5, 5.41) is 0. The third-order valence-corrected chi connectivity index (χ3v) is 3.63. The van der Waals surface area contributed by atoms with Gasteiger partial charge in [-0.3, -0.25) is 9.78 Å². The molecule has 0 radical (unpaired) electrons. The predicted molar refractivity (Wildman–Crippen MR) is 77.6 cm³/mol. The van der Waals surface area contributed by atoms with Crippen molar-refractivity contribution in [3.8, 4) is 5.75 Å². The summed E-state index contributed by atoms with van der Waals surface area (Å²) in [4.78, 5) is 18.0. The van der Waals surface area contributed by atoms with Gasteiger partial charge in [0.2, 0.25) is 0 Å². The zero-order chi connectivity index (χ0) is 16.6. The van der Waals surface area contributed by atoms with Crippen LogP contribution >= 0.6 is 0 Å². The molecule has 1 aliphatic rings. The molecule has 4 nitrogen and oxygen atoms in total. The highest BCUT2D eigenvalue weighted by molar-refractivity contribution is 6.07. The minimum atomic E-state index is -4.48. The number of benzene rings is 1. The lowest BCUT2D eigenvalue weighted by Crippen LogP contribution is -2.38. The van der Waals surface area contributed by atoms with Crippen LogP contribution in [0.3, 0.4) is 0 Å². The Hall–Kier alpha value is -2.57. The fraction of sp³-hybridized carbons (Fsp3) is 0.250. The highest BCUT2D eigenvalue weighted by Crippen LogP contribution is 2.38. The van der Waals surface area contributed by atoms with E-state index >= 15 is 0 Å². The number of ether oxygens (including phenoxy) is 1. The maximum absolute atomic E-state index is 12.9. The fourth-order valence-corrected chi connectivity index (χ4v) is 2.46. The van der Waals surface area contributed by atoms with E-state index in [4.69, 9.17) is 4.74 Å². The van der Waals surface area contributed by atoms with Crippen molar-refractivity contribution in [1.29, 1.82) is 0 Å². The van der Waals surface area contributed by atoms with Crippen molar-refractivity contribution in [2.75, 3.05) is 18.1 Å². The van der Waals surface area contributed by atoms with Gasteiger partial charge < -0.3 is 9.64 Å². The van der Waals surface area contributed by atoms with Crippen LogP contribution in [0.15, 0.2) is 36.5 Å². The van der Waals surface area contributed by atoms with E-state index in [1.807, 2.05) is 0 Å². The Morgan fingerprint density at radius 1 is 1.30 bits per heavy atom. The second-order valence-corrected chi connectivity index (χ2v) is 5.12. The Balaban J connectivity index is 2.04. The summed E-state index contributed by atoms with van der Waals surface area (Å²) in [5.74, 6) is -0.126. The number of alkyl halides is 3. The van der Waals surface area contributed by atoms with Crippen molar-refractivity contribution in [2.24, 2.45) is 0 Å². The van der Waals surface area contributed by atoms with E-state index in [2.05, 4.69) is 4.98 Å². The third-order valence-electron chi connectivity index (χ3n) is 3.63. The van der Waals surface area contributed by atoms with Gasteiger partial charge in [0.25, 0.3) is 5.91 Å². The van der Waals surface area contributed by atoms with Crippen molar-refractivity contribution >= 4 is 11.6 Å². The first-order valence-corrected chi connectivity index (χ1v) is 6.95. The first-order valence-electron chi connectivity index (χ1n) is 6.95. The Morgan fingerprint density at radius 3 is 2.78 bits per heavy atom. The summed E-state index contributed by atoms with van der Waals surface area (Å²) >= 11 is 0. The largest absolute Gasteiger partial charge is 0.490 e.